The lowest BCUT2D eigenvalue weighted by Gasteiger charge is -2.27. The Morgan fingerprint density at radius 3 is 2.57 bits per heavy atom. The standard InChI is InChI=1S/C18H17BrO4/c1-21-16-8-12-9-18(20)23-15(13(12)10-17(16)22-2)7-11-5-3-4-6-14(11)19/h3-6,8,10,15H,7,9H2,1-2H3. The fourth-order valence-corrected chi connectivity index (χ4v) is 3.27. The number of hydrogen-bond donors (Lipinski definition) is 0. The number of carbonyl (C=O) groups excluding carboxylic acids is 1. The number of rotatable bonds is 4. The van der Waals surface area contributed by atoms with Gasteiger partial charge in [-0.25, -0.2) is 0 Å². The highest BCUT2D eigenvalue weighted by atomic mass is 79.9. The van der Waals surface area contributed by atoms with E-state index in [-0.39, 0.29) is 18.5 Å². The van der Waals surface area contributed by atoms with Crippen LogP contribution < -0.4 is 9.47 Å². The minimum atomic E-state index is -0.329. The van der Waals surface area contributed by atoms with E-state index in [0.717, 1.165) is 21.2 Å². The Morgan fingerprint density at radius 1 is 1.17 bits per heavy atom. The van der Waals surface area contributed by atoms with Gasteiger partial charge in [-0.3, -0.25) is 4.79 Å². The van der Waals surface area contributed by atoms with Crippen molar-refractivity contribution in [3.63, 3.8) is 0 Å². The van der Waals surface area contributed by atoms with Crippen LogP contribution in [-0.4, -0.2) is 20.2 Å². The third-order valence-corrected chi connectivity index (χ3v) is 4.74. The summed E-state index contributed by atoms with van der Waals surface area (Å²) < 4.78 is 17.3. The van der Waals surface area contributed by atoms with E-state index in [4.69, 9.17) is 14.2 Å². The van der Waals surface area contributed by atoms with Crippen LogP contribution in [0.3, 0.4) is 0 Å². The van der Waals surface area contributed by atoms with Crippen LogP contribution in [0.25, 0.3) is 0 Å². The summed E-state index contributed by atoms with van der Waals surface area (Å²) in [5.41, 5.74) is 2.99. The van der Waals surface area contributed by atoms with Crippen molar-refractivity contribution < 1.29 is 19.0 Å². The van der Waals surface area contributed by atoms with Gasteiger partial charge in [0.05, 0.1) is 20.6 Å². The summed E-state index contributed by atoms with van der Waals surface area (Å²) in [5, 5.41) is 0. The molecule has 0 bridgehead atoms. The summed E-state index contributed by atoms with van der Waals surface area (Å²) in [6, 6.07) is 11.7. The molecule has 0 N–H and O–H groups in total. The number of esters is 1. The normalized spacial score (nSPS) is 16.5. The SMILES string of the molecule is COc1cc2c(cc1OC)C(Cc1ccccc1Br)OC(=O)C2. The van der Waals surface area contributed by atoms with E-state index in [1.807, 2.05) is 36.4 Å². The number of fused-ring (bicyclic) bond motifs is 1. The fourth-order valence-electron chi connectivity index (χ4n) is 2.82. The quantitative estimate of drug-likeness (QED) is 0.760. The number of ether oxygens (including phenoxy) is 3. The number of halogens is 1. The topological polar surface area (TPSA) is 44.8 Å². The van der Waals surface area contributed by atoms with Crippen LogP contribution in [0.1, 0.15) is 22.8 Å². The van der Waals surface area contributed by atoms with Crippen LogP contribution in [-0.2, 0) is 22.4 Å². The van der Waals surface area contributed by atoms with E-state index in [9.17, 15) is 4.79 Å². The average molecular weight is 377 g/mol. The van der Waals surface area contributed by atoms with Crippen molar-refractivity contribution in [3.05, 3.63) is 57.6 Å². The molecule has 0 fully saturated rings. The molecule has 120 valence electrons. The fraction of sp³-hybridized carbons (Fsp3) is 0.278. The minimum absolute atomic E-state index is 0.221. The number of methoxy groups -OCH3 is 2. The molecular weight excluding hydrogens is 360 g/mol. The largest absolute Gasteiger partial charge is 0.493 e. The molecule has 23 heavy (non-hydrogen) atoms. The average Bonchev–Trinajstić information content (AvgIpc) is 2.55. The molecule has 1 aliphatic heterocycles. The summed E-state index contributed by atoms with van der Waals surface area (Å²) >= 11 is 3.54. The van der Waals surface area contributed by atoms with Gasteiger partial charge in [0.2, 0.25) is 0 Å². The van der Waals surface area contributed by atoms with Gasteiger partial charge >= 0.3 is 5.97 Å². The highest BCUT2D eigenvalue weighted by Gasteiger charge is 2.29. The first kappa shape index (κ1) is 15.9. The minimum Gasteiger partial charge on any atom is -0.493 e. The second-order valence-corrected chi connectivity index (χ2v) is 6.21. The van der Waals surface area contributed by atoms with Crippen molar-refractivity contribution in [1.29, 1.82) is 0 Å². The Bertz CT molecular complexity index is 742. The molecule has 0 aliphatic carbocycles. The van der Waals surface area contributed by atoms with Crippen LogP contribution in [0.15, 0.2) is 40.9 Å². The Hall–Kier alpha value is -2.01. The van der Waals surface area contributed by atoms with E-state index in [1.54, 1.807) is 14.2 Å². The lowest BCUT2D eigenvalue weighted by Crippen LogP contribution is -2.23. The maximum Gasteiger partial charge on any atom is 0.310 e. The maximum atomic E-state index is 12.0. The molecule has 1 aliphatic rings. The summed E-state index contributed by atoms with van der Waals surface area (Å²) in [7, 11) is 3.19. The third-order valence-electron chi connectivity index (χ3n) is 3.96. The monoisotopic (exact) mass is 376 g/mol. The predicted molar refractivity (Wildman–Crippen MR) is 89.9 cm³/mol. The van der Waals surface area contributed by atoms with E-state index in [0.29, 0.717) is 17.9 Å². The second-order valence-electron chi connectivity index (χ2n) is 5.36. The molecule has 2 aromatic rings. The summed E-state index contributed by atoms with van der Waals surface area (Å²) in [5.74, 6) is 1.05. The smallest absolute Gasteiger partial charge is 0.310 e. The molecule has 0 spiro atoms. The summed E-state index contributed by atoms with van der Waals surface area (Å²) in [4.78, 5) is 12.0. The highest BCUT2D eigenvalue weighted by molar-refractivity contribution is 9.10. The van der Waals surface area contributed by atoms with E-state index >= 15 is 0 Å². The Balaban J connectivity index is 2.01. The van der Waals surface area contributed by atoms with E-state index in [1.165, 1.54) is 0 Å². The number of cyclic esters (lactones) is 1. The number of hydrogen-bond acceptors (Lipinski definition) is 4. The molecule has 1 heterocycles. The van der Waals surface area contributed by atoms with Gasteiger partial charge in [-0.1, -0.05) is 34.1 Å². The molecule has 2 aromatic carbocycles. The Labute approximate surface area is 143 Å². The summed E-state index contributed by atoms with van der Waals surface area (Å²) in [6.07, 6.45) is 0.530. The lowest BCUT2D eigenvalue weighted by molar-refractivity contribution is -0.150. The van der Waals surface area contributed by atoms with Gasteiger partial charge < -0.3 is 14.2 Å². The molecule has 1 unspecified atom stereocenters. The first-order chi connectivity index (χ1) is 11.1. The van der Waals surface area contributed by atoms with Crippen LogP contribution >= 0.6 is 15.9 Å². The predicted octanol–water partition coefficient (Wildman–Crippen LogP) is 3.85. The molecular formula is C18H17BrO4. The van der Waals surface area contributed by atoms with Gasteiger partial charge in [0, 0.05) is 16.5 Å². The van der Waals surface area contributed by atoms with Gasteiger partial charge in [-0.05, 0) is 29.3 Å². The zero-order valence-corrected chi connectivity index (χ0v) is 14.6. The van der Waals surface area contributed by atoms with Crippen LogP contribution in [0.4, 0.5) is 0 Å². The zero-order valence-electron chi connectivity index (χ0n) is 13.0. The maximum absolute atomic E-state index is 12.0. The molecule has 0 saturated carbocycles. The molecule has 0 amide bonds. The second kappa shape index (κ2) is 6.62. The van der Waals surface area contributed by atoms with Gasteiger partial charge in [0.15, 0.2) is 11.5 Å². The Morgan fingerprint density at radius 2 is 1.87 bits per heavy atom. The zero-order chi connectivity index (χ0) is 16.4. The molecule has 3 rings (SSSR count). The molecule has 0 radical (unpaired) electrons. The molecule has 0 aromatic heterocycles. The van der Waals surface area contributed by atoms with Gasteiger partial charge in [-0.15, -0.1) is 0 Å². The highest BCUT2D eigenvalue weighted by Crippen LogP contribution is 2.39. The van der Waals surface area contributed by atoms with E-state index in [2.05, 4.69) is 15.9 Å². The molecule has 1 atom stereocenters. The van der Waals surface area contributed by atoms with Crippen molar-refractivity contribution >= 4 is 21.9 Å². The first-order valence-electron chi connectivity index (χ1n) is 7.30. The first-order valence-corrected chi connectivity index (χ1v) is 8.09. The molecule has 4 nitrogen and oxygen atoms in total. The van der Waals surface area contributed by atoms with Crippen molar-refractivity contribution in [3.8, 4) is 11.5 Å². The lowest BCUT2D eigenvalue weighted by atomic mass is 9.92. The molecule has 0 saturated heterocycles. The van der Waals surface area contributed by atoms with Gasteiger partial charge in [-0.2, -0.15) is 0 Å². The van der Waals surface area contributed by atoms with Gasteiger partial charge in [0.25, 0.3) is 0 Å². The van der Waals surface area contributed by atoms with Crippen LogP contribution in [0, 0.1) is 0 Å². The van der Waals surface area contributed by atoms with Gasteiger partial charge in [0.1, 0.15) is 6.10 Å². The number of carbonyl (C=O) groups is 1. The third kappa shape index (κ3) is 3.20. The molecule has 5 heteroatoms. The van der Waals surface area contributed by atoms with Crippen molar-refractivity contribution in [1.82, 2.24) is 0 Å². The Kier molecular flexibility index (Phi) is 4.57. The van der Waals surface area contributed by atoms with Crippen molar-refractivity contribution in [2.45, 2.75) is 18.9 Å². The van der Waals surface area contributed by atoms with Crippen molar-refractivity contribution in [2.24, 2.45) is 0 Å². The number of benzene rings is 2. The van der Waals surface area contributed by atoms with Crippen LogP contribution in [0.2, 0.25) is 0 Å². The van der Waals surface area contributed by atoms with E-state index < -0.39 is 0 Å². The van der Waals surface area contributed by atoms with Crippen LogP contribution in [0.5, 0.6) is 11.5 Å². The van der Waals surface area contributed by atoms with Crippen molar-refractivity contribution in [2.75, 3.05) is 14.2 Å². The summed E-state index contributed by atoms with van der Waals surface area (Å²) in [6.45, 7) is 0.